The smallest absolute Gasteiger partial charge is 0.261 e. The molecule has 0 saturated carbocycles. The van der Waals surface area contributed by atoms with Gasteiger partial charge in [-0.3, -0.25) is 4.79 Å². The zero-order valence-corrected chi connectivity index (χ0v) is 15.9. The predicted octanol–water partition coefficient (Wildman–Crippen LogP) is 4.96. The minimum atomic E-state index is -0.877. The summed E-state index contributed by atoms with van der Waals surface area (Å²) in [6.45, 7) is 0. The summed E-state index contributed by atoms with van der Waals surface area (Å²) in [5, 5.41) is 6.83. The minimum absolute atomic E-state index is 0.108. The van der Waals surface area contributed by atoms with E-state index < -0.39 is 17.5 Å². The van der Waals surface area contributed by atoms with Crippen molar-refractivity contribution in [3.8, 4) is 11.5 Å². The maximum atomic E-state index is 14.1. The van der Waals surface area contributed by atoms with Crippen molar-refractivity contribution >= 4 is 27.5 Å². The molecule has 0 aliphatic carbocycles. The first-order valence-electron chi connectivity index (χ1n) is 8.27. The lowest BCUT2D eigenvalue weighted by molar-refractivity contribution is 0.102. The van der Waals surface area contributed by atoms with Gasteiger partial charge in [-0.15, -0.1) is 0 Å². The third kappa shape index (κ3) is 3.34. The van der Waals surface area contributed by atoms with Crippen molar-refractivity contribution in [2.45, 2.75) is 0 Å². The number of carbonyl (C=O) groups excluding carboxylic acids is 1. The van der Waals surface area contributed by atoms with Crippen LogP contribution >= 0.6 is 15.9 Å². The molecule has 2 aromatic carbocycles. The number of nitrogens with zero attached hydrogens (tertiary/aromatic N) is 3. The molecule has 0 radical (unpaired) electrons. The molecule has 0 spiro atoms. The van der Waals surface area contributed by atoms with Crippen molar-refractivity contribution in [1.29, 1.82) is 0 Å². The molecular weight excluding hydrogens is 430 g/mol. The zero-order chi connectivity index (χ0) is 19.7. The van der Waals surface area contributed by atoms with Crippen molar-refractivity contribution in [2.75, 3.05) is 5.32 Å². The number of anilines is 1. The fourth-order valence-electron chi connectivity index (χ4n) is 2.83. The number of aromatic nitrogens is 3. The van der Waals surface area contributed by atoms with Gasteiger partial charge in [0.1, 0.15) is 11.4 Å². The van der Waals surface area contributed by atoms with Crippen molar-refractivity contribution in [3.05, 3.63) is 94.9 Å². The van der Waals surface area contributed by atoms with E-state index in [2.05, 4.69) is 26.3 Å². The van der Waals surface area contributed by atoms with Crippen LogP contribution in [0.4, 0.5) is 14.5 Å². The zero-order valence-electron chi connectivity index (χ0n) is 14.3. The molecule has 2 heterocycles. The number of amides is 1. The molecule has 0 aliphatic heterocycles. The number of rotatable bonds is 4. The number of nitrogens with one attached hydrogen (secondary N) is 1. The van der Waals surface area contributed by atoms with E-state index in [1.807, 2.05) is 42.5 Å². The Morgan fingerprint density at radius 3 is 2.43 bits per heavy atom. The van der Waals surface area contributed by atoms with Gasteiger partial charge < -0.3 is 9.88 Å². The Bertz CT molecular complexity index is 1120. The molecule has 0 fully saturated rings. The average molecular weight is 443 g/mol. The van der Waals surface area contributed by atoms with Crippen molar-refractivity contribution < 1.29 is 13.6 Å². The summed E-state index contributed by atoms with van der Waals surface area (Å²) in [6.07, 6.45) is 4.97. The van der Waals surface area contributed by atoms with E-state index in [9.17, 15) is 13.6 Å². The van der Waals surface area contributed by atoms with Crippen LogP contribution < -0.4 is 5.32 Å². The van der Waals surface area contributed by atoms with Crippen LogP contribution in [-0.4, -0.2) is 20.3 Å². The molecule has 28 heavy (non-hydrogen) atoms. The van der Waals surface area contributed by atoms with Gasteiger partial charge in [0.15, 0.2) is 11.6 Å². The van der Waals surface area contributed by atoms with Crippen LogP contribution in [0.2, 0.25) is 0 Å². The van der Waals surface area contributed by atoms with Gasteiger partial charge in [0, 0.05) is 22.9 Å². The number of hydrogen-bond donors (Lipinski definition) is 1. The van der Waals surface area contributed by atoms with Gasteiger partial charge in [0.25, 0.3) is 5.91 Å². The lowest BCUT2D eigenvalue weighted by Gasteiger charge is -2.12. The Morgan fingerprint density at radius 2 is 1.75 bits per heavy atom. The van der Waals surface area contributed by atoms with E-state index >= 15 is 0 Å². The van der Waals surface area contributed by atoms with E-state index in [1.165, 1.54) is 6.20 Å². The fourth-order valence-corrected chi connectivity index (χ4v) is 3.33. The first-order valence-corrected chi connectivity index (χ1v) is 9.06. The van der Waals surface area contributed by atoms with Crippen LogP contribution in [0.15, 0.2) is 77.7 Å². The SMILES string of the molecule is O=C(Nc1c(F)cc(F)cc1Br)c1cnn(-c2ccccc2)c1-n1cccc1. The Hall–Kier alpha value is -3.26. The Kier molecular flexibility index (Phi) is 4.79. The monoisotopic (exact) mass is 442 g/mol. The predicted molar refractivity (Wildman–Crippen MR) is 105 cm³/mol. The molecule has 1 amide bonds. The quantitative estimate of drug-likeness (QED) is 0.485. The number of carbonyl (C=O) groups is 1. The van der Waals surface area contributed by atoms with Crippen LogP contribution in [0.1, 0.15) is 10.4 Å². The van der Waals surface area contributed by atoms with Crippen molar-refractivity contribution in [1.82, 2.24) is 14.3 Å². The van der Waals surface area contributed by atoms with Crippen LogP contribution in [-0.2, 0) is 0 Å². The second-order valence-corrected chi connectivity index (χ2v) is 6.77. The van der Waals surface area contributed by atoms with E-state index in [-0.39, 0.29) is 15.7 Å². The third-order valence-electron chi connectivity index (χ3n) is 4.08. The molecular formula is C20H13BrF2N4O. The maximum absolute atomic E-state index is 14.1. The second-order valence-electron chi connectivity index (χ2n) is 5.92. The highest BCUT2D eigenvalue weighted by atomic mass is 79.9. The molecule has 0 unspecified atom stereocenters. The van der Waals surface area contributed by atoms with Gasteiger partial charge in [0.2, 0.25) is 0 Å². The average Bonchev–Trinajstić information content (AvgIpc) is 3.34. The lowest BCUT2D eigenvalue weighted by atomic mass is 10.2. The molecule has 0 aliphatic rings. The molecule has 0 bridgehead atoms. The molecule has 2 aromatic heterocycles. The molecule has 4 aromatic rings. The molecule has 0 atom stereocenters. The lowest BCUT2D eigenvalue weighted by Crippen LogP contribution is -2.16. The largest absolute Gasteiger partial charge is 0.318 e. The summed E-state index contributed by atoms with van der Waals surface area (Å²) in [4.78, 5) is 12.9. The van der Waals surface area contributed by atoms with Crippen LogP contribution in [0, 0.1) is 11.6 Å². The molecule has 1 N–H and O–H groups in total. The maximum Gasteiger partial charge on any atom is 0.261 e. The Balaban J connectivity index is 1.78. The number of halogens is 3. The Labute approximate surface area is 167 Å². The van der Waals surface area contributed by atoms with Gasteiger partial charge in [-0.25, -0.2) is 13.5 Å². The topological polar surface area (TPSA) is 51.9 Å². The molecule has 5 nitrogen and oxygen atoms in total. The molecule has 8 heteroatoms. The highest BCUT2D eigenvalue weighted by Gasteiger charge is 2.22. The first-order chi connectivity index (χ1) is 13.5. The van der Waals surface area contributed by atoms with Crippen molar-refractivity contribution in [3.63, 3.8) is 0 Å². The fraction of sp³-hybridized carbons (Fsp3) is 0. The highest BCUT2D eigenvalue weighted by molar-refractivity contribution is 9.10. The van der Waals surface area contributed by atoms with Crippen molar-refractivity contribution in [2.24, 2.45) is 0 Å². The van der Waals surface area contributed by atoms with E-state index in [0.717, 1.165) is 11.8 Å². The number of benzene rings is 2. The summed E-state index contributed by atoms with van der Waals surface area (Å²) < 4.78 is 30.9. The summed E-state index contributed by atoms with van der Waals surface area (Å²) >= 11 is 3.08. The first kappa shape index (κ1) is 18.1. The van der Waals surface area contributed by atoms with Gasteiger partial charge in [-0.2, -0.15) is 5.10 Å². The normalized spacial score (nSPS) is 10.8. The Morgan fingerprint density at radius 1 is 1.04 bits per heavy atom. The van der Waals surface area contributed by atoms with E-state index in [1.54, 1.807) is 21.6 Å². The number of hydrogen-bond acceptors (Lipinski definition) is 2. The second kappa shape index (κ2) is 7.40. The van der Waals surface area contributed by atoms with Crippen LogP contribution in [0.25, 0.3) is 11.5 Å². The van der Waals surface area contributed by atoms with Crippen LogP contribution in [0.5, 0.6) is 0 Å². The van der Waals surface area contributed by atoms with Gasteiger partial charge in [-0.1, -0.05) is 18.2 Å². The van der Waals surface area contributed by atoms with Gasteiger partial charge in [0.05, 0.1) is 17.6 Å². The summed E-state index contributed by atoms with van der Waals surface area (Å²) in [5.74, 6) is -1.70. The molecule has 4 rings (SSSR count). The number of para-hydroxylation sites is 1. The highest BCUT2D eigenvalue weighted by Crippen LogP contribution is 2.28. The third-order valence-corrected chi connectivity index (χ3v) is 4.71. The van der Waals surface area contributed by atoms with E-state index in [4.69, 9.17) is 0 Å². The van der Waals surface area contributed by atoms with Gasteiger partial charge >= 0.3 is 0 Å². The summed E-state index contributed by atoms with van der Waals surface area (Å²) in [5.41, 5.74) is 0.854. The van der Waals surface area contributed by atoms with E-state index in [0.29, 0.717) is 11.9 Å². The van der Waals surface area contributed by atoms with Crippen LogP contribution in [0.3, 0.4) is 0 Å². The summed E-state index contributed by atoms with van der Waals surface area (Å²) in [6, 6.07) is 14.8. The van der Waals surface area contributed by atoms with Gasteiger partial charge in [-0.05, 0) is 46.3 Å². The minimum Gasteiger partial charge on any atom is -0.318 e. The molecule has 0 saturated heterocycles. The standard InChI is InChI=1S/C20H13BrF2N4O/c21-16-10-13(22)11-17(23)18(16)25-19(28)15-12-24-27(14-6-2-1-3-7-14)20(15)26-8-4-5-9-26/h1-12H,(H,25,28). The summed E-state index contributed by atoms with van der Waals surface area (Å²) in [7, 11) is 0. The molecule has 140 valence electrons.